The van der Waals surface area contributed by atoms with Crippen molar-refractivity contribution in [3.05, 3.63) is 0 Å². The lowest BCUT2D eigenvalue weighted by molar-refractivity contribution is -0.174. The molecule has 3 unspecified atom stereocenters. The van der Waals surface area contributed by atoms with Crippen LogP contribution < -0.4 is 5.32 Å². The summed E-state index contributed by atoms with van der Waals surface area (Å²) in [6, 6.07) is 0.581. The van der Waals surface area contributed by atoms with E-state index in [1.807, 2.05) is 11.8 Å². The number of aliphatic hydroxyl groups is 1. The van der Waals surface area contributed by atoms with Crippen LogP contribution in [0.4, 0.5) is 0 Å². The number of ether oxygens (including phenoxy) is 1. The Balaban J connectivity index is 1.52. The van der Waals surface area contributed by atoms with Gasteiger partial charge < -0.3 is 15.2 Å². The number of thioether (sulfide) groups is 1. The van der Waals surface area contributed by atoms with E-state index in [9.17, 15) is 5.11 Å². The van der Waals surface area contributed by atoms with Crippen LogP contribution in [0.5, 0.6) is 0 Å². The predicted octanol–water partition coefficient (Wildman–Crippen LogP) is 1.79. The molecule has 3 atom stereocenters. The first kappa shape index (κ1) is 13.2. The fraction of sp³-hybridized carbons (Fsp3) is 1.00. The summed E-state index contributed by atoms with van der Waals surface area (Å²) in [5.74, 6) is 2.00. The lowest BCUT2D eigenvalue weighted by Gasteiger charge is -2.61. The Labute approximate surface area is 114 Å². The fourth-order valence-corrected chi connectivity index (χ4v) is 5.07. The minimum Gasteiger partial charge on any atom is -0.388 e. The molecular formula is C14H25NO2S. The molecule has 0 aromatic heterocycles. The molecule has 2 saturated carbocycles. The average molecular weight is 271 g/mol. The summed E-state index contributed by atoms with van der Waals surface area (Å²) in [7, 11) is 0. The number of hydrogen-bond donors (Lipinski definition) is 2. The molecule has 0 bridgehead atoms. The van der Waals surface area contributed by atoms with Gasteiger partial charge in [0.2, 0.25) is 0 Å². The van der Waals surface area contributed by atoms with Gasteiger partial charge in [-0.05, 0) is 38.4 Å². The molecule has 4 heteroatoms. The molecule has 1 spiro atoms. The summed E-state index contributed by atoms with van der Waals surface area (Å²) < 4.78 is 5.86. The Morgan fingerprint density at radius 3 is 2.78 bits per heavy atom. The van der Waals surface area contributed by atoms with Crippen LogP contribution in [0.2, 0.25) is 0 Å². The largest absolute Gasteiger partial charge is 0.388 e. The molecule has 1 heterocycles. The smallest absolute Gasteiger partial charge is 0.0869 e. The first-order valence-electron chi connectivity index (χ1n) is 7.34. The van der Waals surface area contributed by atoms with E-state index in [1.54, 1.807) is 0 Å². The molecule has 2 N–H and O–H groups in total. The van der Waals surface area contributed by atoms with Crippen LogP contribution in [0.25, 0.3) is 0 Å². The molecule has 1 aliphatic heterocycles. The van der Waals surface area contributed by atoms with E-state index >= 15 is 0 Å². The maximum Gasteiger partial charge on any atom is 0.0869 e. The molecule has 0 aromatic rings. The van der Waals surface area contributed by atoms with Crippen molar-refractivity contribution in [3.8, 4) is 0 Å². The van der Waals surface area contributed by atoms with Crippen molar-refractivity contribution >= 4 is 11.8 Å². The fourth-order valence-electron chi connectivity index (χ4n) is 3.77. The third kappa shape index (κ3) is 2.11. The third-order valence-corrected chi connectivity index (χ3v) is 6.43. The maximum absolute atomic E-state index is 10.4. The molecule has 104 valence electrons. The minimum absolute atomic E-state index is 0.415. The number of rotatable bonds is 5. The van der Waals surface area contributed by atoms with E-state index in [0.717, 1.165) is 37.5 Å². The molecule has 18 heavy (non-hydrogen) atoms. The van der Waals surface area contributed by atoms with Crippen molar-refractivity contribution in [2.45, 2.75) is 56.8 Å². The predicted molar refractivity (Wildman–Crippen MR) is 75.0 cm³/mol. The van der Waals surface area contributed by atoms with Crippen LogP contribution in [0.3, 0.4) is 0 Å². The van der Waals surface area contributed by atoms with E-state index in [4.69, 9.17) is 4.74 Å². The molecule has 1 saturated heterocycles. The van der Waals surface area contributed by atoms with Crippen LogP contribution in [0.15, 0.2) is 0 Å². The Bertz CT molecular complexity index is 300. The summed E-state index contributed by atoms with van der Waals surface area (Å²) in [5.41, 5.74) is -0.0373. The Morgan fingerprint density at radius 2 is 2.22 bits per heavy atom. The van der Waals surface area contributed by atoms with Gasteiger partial charge >= 0.3 is 0 Å². The summed E-state index contributed by atoms with van der Waals surface area (Å²) in [6.45, 7) is 3.69. The maximum atomic E-state index is 10.4. The first-order valence-corrected chi connectivity index (χ1v) is 8.49. The first-order chi connectivity index (χ1) is 8.69. The van der Waals surface area contributed by atoms with Gasteiger partial charge in [-0.15, -0.1) is 0 Å². The van der Waals surface area contributed by atoms with Gasteiger partial charge in [0.25, 0.3) is 0 Å². The lowest BCUT2D eigenvalue weighted by atomic mass is 9.51. The molecule has 0 amide bonds. The summed E-state index contributed by atoms with van der Waals surface area (Å²) in [5, 5.41) is 14.0. The van der Waals surface area contributed by atoms with Crippen molar-refractivity contribution in [2.24, 2.45) is 5.41 Å². The monoisotopic (exact) mass is 271 g/mol. The van der Waals surface area contributed by atoms with E-state index in [2.05, 4.69) is 12.2 Å². The van der Waals surface area contributed by atoms with Gasteiger partial charge in [-0.3, -0.25) is 0 Å². The van der Waals surface area contributed by atoms with E-state index < -0.39 is 5.60 Å². The summed E-state index contributed by atoms with van der Waals surface area (Å²) in [6.07, 6.45) is 6.52. The Hall–Kier alpha value is 0.230. The molecule has 2 aliphatic carbocycles. The van der Waals surface area contributed by atoms with Crippen molar-refractivity contribution in [1.29, 1.82) is 0 Å². The quantitative estimate of drug-likeness (QED) is 0.800. The van der Waals surface area contributed by atoms with Crippen LogP contribution >= 0.6 is 11.8 Å². The second kappa shape index (κ2) is 4.97. The van der Waals surface area contributed by atoms with Crippen LogP contribution in [0.1, 0.15) is 39.0 Å². The van der Waals surface area contributed by atoms with Crippen LogP contribution in [-0.2, 0) is 4.74 Å². The second-order valence-electron chi connectivity index (χ2n) is 6.23. The molecule has 3 rings (SSSR count). The van der Waals surface area contributed by atoms with Crippen molar-refractivity contribution in [3.63, 3.8) is 0 Å². The van der Waals surface area contributed by atoms with Gasteiger partial charge in [-0.2, -0.15) is 11.8 Å². The van der Waals surface area contributed by atoms with E-state index in [-0.39, 0.29) is 0 Å². The number of hydrogen-bond acceptors (Lipinski definition) is 4. The van der Waals surface area contributed by atoms with Crippen molar-refractivity contribution in [2.75, 3.05) is 24.7 Å². The second-order valence-corrected chi connectivity index (χ2v) is 7.33. The van der Waals surface area contributed by atoms with Crippen molar-refractivity contribution < 1.29 is 9.84 Å². The van der Waals surface area contributed by atoms with E-state index in [1.165, 1.54) is 19.3 Å². The Morgan fingerprint density at radius 1 is 1.39 bits per heavy atom. The molecule has 3 nitrogen and oxygen atoms in total. The summed E-state index contributed by atoms with van der Waals surface area (Å²) >= 11 is 1.87. The minimum atomic E-state index is -0.452. The SMILES string of the molecule is CCOC1CC(NCC2(O)CCSC2)C12CCC2. The lowest BCUT2D eigenvalue weighted by Crippen LogP contribution is -2.68. The van der Waals surface area contributed by atoms with E-state index in [0.29, 0.717) is 17.6 Å². The Kier molecular flexibility index (Phi) is 3.65. The molecule has 0 aromatic carbocycles. The van der Waals surface area contributed by atoms with Crippen molar-refractivity contribution in [1.82, 2.24) is 5.32 Å². The molecule has 3 aliphatic rings. The molecule has 0 radical (unpaired) electrons. The zero-order chi connectivity index (χ0) is 12.6. The van der Waals surface area contributed by atoms with Gasteiger partial charge in [0.05, 0.1) is 11.7 Å². The number of nitrogens with one attached hydrogen (secondary N) is 1. The van der Waals surface area contributed by atoms with Gasteiger partial charge in [0, 0.05) is 30.4 Å². The van der Waals surface area contributed by atoms with Gasteiger partial charge in [-0.1, -0.05) is 6.42 Å². The highest BCUT2D eigenvalue weighted by molar-refractivity contribution is 7.99. The average Bonchev–Trinajstić information content (AvgIpc) is 2.67. The topological polar surface area (TPSA) is 41.5 Å². The highest BCUT2D eigenvalue weighted by Gasteiger charge is 2.58. The zero-order valence-electron chi connectivity index (χ0n) is 11.3. The van der Waals surface area contributed by atoms with Crippen LogP contribution in [-0.4, -0.2) is 47.5 Å². The standard InChI is InChI=1S/C14H25NO2S/c1-2-17-12-8-11(14(12)4-3-5-14)15-9-13(16)6-7-18-10-13/h11-12,15-16H,2-10H2,1H3. The van der Waals surface area contributed by atoms with Gasteiger partial charge in [0.1, 0.15) is 0 Å². The molecule has 3 fully saturated rings. The van der Waals surface area contributed by atoms with Crippen LogP contribution in [0, 0.1) is 5.41 Å². The molecular weight excluding hydrogens is 246 g/mol. The van der Waals surface area contributed by atoms with Gasteiger partial charge in [-0.25, -0.2) is 0 Å². The van der Waals surface area contributed by atoms with Gasteiger partial charge in [0.15, 0.2) is 0 Å². The third-order valence-electron chi connectivity index (χ3n) is 5.20. The zero-order valence-corrected chi connectivity index (χ0v) is 12.1. The summed E-state index contributed by atoms with van der Waals surface area (Å²) in [4.78, 5) is 0. The highest BCUT2D eigenvalue weighted by atomic mass is 32.2. The highest BCUT2D eigenvalue weighted by Crippen LogP contribution is 2.57. The normalized spacial score (nSPS) is 41.7.